The van der Waals surface area contributed by atoms with Crippen molar-refractivity contribution in [1.29, 1.82) is 0 Å². The van der Waals surface area contributed by atoms with Crippen molar-refractivity contribution in [2.75, 3.05) is 17.8 Å². The molecule has 0 spiro atoms. The second-order valence-electron chi connectivity index (χ2n) is 2.07. The zero-order chi connectivity index (χ0) is 9.61. The highest BCUT2D eigenvalue weighted by atomic mass is 32.2. The van der Waals surface area contributed by atoms with E-state index in [1.54, 1.807) is 11.8 Å². The minimum Gasteiger partial charge on any atom is -0.260 e. The zero-order valence-electron chi connectivity index (χ0n) is 6.94. The van der Waals surface area contributed by atoms with Crippen molar-refractivity contribution in [3.63, 3.8) is 0 Å². The maximum atomic E-state index is 10.6. The van der Waals surface area contributed by atoms with E-state index in [1.807, 2.05) is 6.92 Å². The van der Waals surface area contributed by atoms with Crippen LogP contribution in [0.5, 0.6) is 0 Å². The van der Waals surface area contributed by atoms with Crippen LogP contribution in [0.15, 0.2) is 0 Å². The lowest BCUT2D eigenvalue weighted by Crippen LogP contribution is -2.20. The quantitative estimate of drug-likeness (QED) is 0.499. The Kier molecular flexibility index (Phi) is 6.08. The number of hydrogen-bond acceptors (Lipinski definition) is 5. The first-order valence-corrected chi connectivity index (χ1v) is 6.71. The Morgan fingerprint density at radius 3 is 2.58 bits per heavy atom. The molecule has 0 saturated carbocycles. The van der Waals surface area contributed by atoms with E-state index < -0.39 is 16.2 Å². The average molecular weight is 227 g/mol. The molecule has 0 aliphatic carbocycles. The minimum absolute atomic E-state index is 0.535. The van der Waals surface area contributed by atoms with Crippen molar-refractivity contribution in [3.8, 4) is 0 Å². The summed E-state index contributed by atoms with van der Waals surface area (Å²) in [4.78, 5) is 0. The van der Waals surface area contributed by atoms with Crippen LogP contribution < -0.4 is 0 Å². The molecule has 3 nitrogen and oxygen atoms in total. The second kappa shape index (κ2) is 5.90. The van der Waals surface area contributed by atoms with Gasteiger partial charge in [-0.25, -0.2) is 0 Å². The first-order valence-electron chi connectivity index (χ1n) is 3.33. The Bertz CT molecular complexity index is 222. The third-order valence-electron chi connectivity index (χ3n) is 0.896. The Morgan fingerprint density at radius 2 is 2.25 bits per heavy atom. The van der Waals surface area contributed by atoms with Crippen molar-refractivity contribution >= 4 is 39.5 Å². The van der Waals surface area contributed by atoms with Crippen LogP contribution in [0.25, 0.3) is 0 Å². The summed E-state index contributed by atoms with van der Waals surface area (Å²) in [6, 6.07) is 0. The van der Waals surface area contributed by atoms with Crippen LogP contribution in [0.1, 0.15) is 6.92 Å². The van der Waals surface area contributed by atoms with Gasteiger partial charge in [-0.3, -0.25) is 4.18 Å². The molecular formula is C6H11O3S3. The fourth-order valence-corrected chi connectivity index (χ4v) is 2.04. The first kappa shape index (κ1) is 12.3. The van der Waals surface area contributed by atoms with Crippen LogP contribution in [-0.4, -0.2) is 37.7 Å². The molecule has 0 aromatic heterocycles. The molecule has 0 aliphatic rings. The van der Waals surface area contributed by atoms with Gasteiger partial charge in [0, 0.05) is 5.75 Å². The highest BCUT2D eigenvalue weighted by Crippen LogP contribution is 2.06. The lowest BCUT2D eigenvalue weighted by Gasteiger charge is -2.08. The van der Waals surface area contributed by atoms with Crippen molar-refractivity contribution in [2.24, 2.45) is 0 Å². The van der Waals surface area contributed by atoms with Gasteiger partial charge in [0.05, 0.1) is 11.6 Å². The predicted molar refractivity (Wildman–Crippen MR) is 55.3 cm³/mol. The van der Waals surface area contributed by atoms with E-state index in [0.717, 1.165) is 12.0 Å². The van der Waals surface area contributed by atoms with Crippen LogP contribution in [0.4, 0.5) is 0 Å². The van der Waals surface area contributed by atoms with Crippen molar-refractivity contribution in [1.82, 2.24) is 0 Å². The number of rotatable bonds is 6. The molecule has 0 fully saturated rings. The number of thiocarbonyl (C=S) groups is 1. The molecule has 0 amide bonds. The van der Waals surface area contributed by atoms with Crippen LogP contribution in [0.3, 0.4) is 0 Å². The smallest absolute Gasteiger partial charge is 0.260 e. The molecule has 6 heteroatoms. The van der Waals surface area contributed by atoms with Crippen molar-refractivity contribution < 1.29 is 12.6 Å². The first-order chi connectivity index (χ1) is 5.49. The minimum atomic E-state index is -3.41. The molecule has 1 unspecified atom stereocenters. The normalized spacial score (nSPS) is 14.2. The fraction of sp³-hybridized carbons (Fsp3) is 0.833. The van der Waals surface area contributed by atoms with Crippen LogP contribution in [0, 0.1) is 0 Å². The van der Waals surface area contributed by atoms with E-state index in [1.165, 1.54) is 0 Å². The van der Waals surface area contributed by atoms with E-state index in [9.17, 15) is 8.42 Å². The van der Waals surface area contributed by atoms with Crippen molar-refractivity contribution in [2.45, 2.75) is 13.0 Å². The van der Waals surface area contributed by atoms with Crippen molar-refractivity contribution in [3.05, 3.63) is 0 Å². The maximum absolute atomic E-state index is 10.6. The molecule has 0 aromatic carbocycles. The van der Waals surface area contributed by atoms with Gasteiger partial charge in [0.25, 0.3) is 10.1 Å². The number of hydrogen-bond donors (Lipinski definition) is 0. The van der Waals surface area contributed by atoms with Gasteiger partial charge in [-0.2, -0.15) is 20.2 Å². The van der Waals surface area contributed by atoms with Gasteiger partial charge in [0.2, 0.25) is 0 Å². The zero-order valence-corrected chi connectivity index (χ0v) is 9.39. The molecule has 0 aromatic rings. The summed E-state index contributed by atoms with van der Waals surface area (Å²) in [5, 5.41) is 2.35. The SMILES string of the molecule is CCSCC([C]=S)OS(C)(=O)=O. The molecule has 1 radical (unpaired) electrons. The fourth-order valence-electron chi connectivity index (χ4n) is 0.517. The summed E-state index contributed by atoms with van der Waals surface area (Å²) < 4.78 is 25.9. The second-order valence-corrected chi connectivity index (χ2v) is 5.22. The van der Waals surface area contributed by atoms with Gasteiger partial charge < -0.3 is 0 Å². The molecule has 0 bridgehead atoms. The van der Waals surface area contributed by atoms with Gasteiger partial charge >= 0.3 is 0 Å². The Balaban J connectivity index is 3.92. The van der Waals surface area contributed by atoms with E-state index in [0.29, 0.717) is 5.75 Å². The average Bonchev–Trinajstić information content (AvgIpc) is 1.95. The number of thioether (sulfide) groups is 1. The Morgan fingerprint density at radius 1 is 1.67 bits per heavy atom. The van der Waals surface area contributed by atoms with Crippen LogP contribution in [-0.2, 0) is 14.3 Å². The summed E-state index contributed by atoms with van der Waals surface area (Å²) in [7, 11) is -3.41. The van der Waals surface area contributed by atoms with Crippen LogP contribution in [0.2, 0.25) is 0 Å². The Hall–Kier alpha value is 0.350. The van der Waals surface area contributed by atoms with Gasteiger partial charge in [-0.1, -0.05) is 19.1 Å². The van der Waals surface area contributed by atoms with Gasteiger partial charge in [-0.05, 0) is 5.75 Å². The van der Waals surface area contributed by atoms with E-state index in [-0.39, 0.29) is 0 Å². The predicted octanol–water partition coefficient (Wildman–Crippen LogP) is 0.961. The van der Waals surface area contributed by atoms with E-state index >= 15 is 0 Å². The van der Waals surface area contributed by atoms with E-state index in [4.69, 9.17) is 0 Å². The summed E-state index contributed by atoms with van der Waals surface area (Å²) in [5.41, 5.74) is 0. The highest BCUT2D eigenvalue weighted by molar-refractivity contribution is 7.99. The molecule has 12 heavy (non-hydrogen) atoms. The molecule has 0 rings (SSSR count). The third kappa shape index (κ3) is 7.02. The van der Waals surface area contributed by atoms with Gasteiger partial charge in [-0.15, -0.1) is 0 Å². The summed E-state index contributed by atoms with van der Waals surface area (Å²) in [5.74, 6) is 1.44. The lowest BCUT2D eigenvalue weighted by atomic mass is 10.5. The molecular weight excluding hydrogens is 216 g/mol. The lowest BCUT2D eigenvalue weighted by molar-refractivity contribution is 0.304. The third-order valence-corrected chi connectivity index (χ3v) is 2.69. The molecule has 0 aliphatic heterocycles. The Labute approximate surface area is 83.0 Å². The monoisotopic (exact) mass is 227 g/mol. The summed E-state index contributed by atoms with van der Waals surface area (Å²) >= 11 is 6.06. The molecule has 0 heterocycles. The van der Waals surface area contributed by atoms with Gasteiger partial charge in [0.15, 0.2) is 0 Å². The van der Waals surface area contributed by atoms with E-state index in [2.05, 4.69) is 21.8 Å². The molecule has 1 atom stereocenters. The molecule has 0 saturated heterocycles. The maximum Gasteiger partial charge on any atom is 0.265 e. The molecule has 71 valence electrons. The largest absolute Gasteiger partial charge is 0.265 e. The van der Waals surface area contributed by atoms with Crippen LogP contribution >= 0.6 is 24.0 Å². The summed E-state index contributed by atoms with van der Waals surface area (Å²) in [6.45, 7) is 1.98. The van der Waals surface area contributed by atoms with Gasteiger partial charge in [0.1, 0.15) is 6.10 Å². The summed E-state index contributed by atoms with van der Waals surface area (Å²) in [6.07, 6.45) is 0.406. The molecule has 0 N–H and O–H groups in total. The highest BCUT2D eigenvalue weighted by Gasteiger charge is 2.12. The standard InChI is InChI=1S/C6H11O3S3/c1-3-11-5-6(4-10)9-12(2,7)8/h6H,3,5H2,1-2H3. The topological polar surface area (TPSA) is 43.4 Å².